The van der Waals surface area contributed by atoms with Crippen molar-refractivity contribution in [1.82, 2.24) is 9.97 Å². The van der Waals surface area contributed by atoms with Crippen LogP contribution in [0, 0.1) is 0 Å². The van der Waals surface area contributed by atoms with E-state index >= 15 is 0 Å². The molecule has 3 rings (SSSR count). The second-order valence-corrected chi connectivity index (χ2v) is 5.53. The molecule has 1 fully saturated rings. The first-order valence-corrected chi connectivity index (χ1v) is 7.37. The Bertz CT molecular complexity index is 575. The Balaban J connectivity index is 1.98. The number of hydrogen-bond donors (Lipinski definition) is 0. The van der Waals surface area contributed by atoms with Crippen molar-refractivity contribution in [3.63, 3.8) is 0 Å². The molecule has 1 saturated heterocycles. The maximum absolute atomic E-state index is 6.31. The van der Waals surface area contributed by atoms with Gasteiger partial charge >= 0.3 is 0 Å². The molecule has 2 aromatic rings. The Morgan fingerprint density at radius 3 is 2.35 bits per heavy atom. The zero-order valence-electron chi connectivity index (χ0n) is 10.9. The van der Waals surface area contributed by atoms with Gasteiger partial charge in [-0.2, -0.15) is 0 Å². The van der Waals surface area contributed by atoms with E-state index in [1.807, 2.05) is 30.3 Å². The molecule has 1 aliphatic heterocycles. The van der Waals surface area contributed by atoms with Crippen LogP contribution in [0.4, 0.5) is 0 Å². The molecular formula is C15H14Cl2N2O. The van der Waals surface area contributed by atoms with Crippen LogP contribution in [0.25, 0.3) is 11.1 Å². The van der Waals surface area contributed by atoms with Crippen LogP contribution < -0.4 is 0 Å². The van der Waals surface area contributed by atoms with Crippen LogP contribution in [0.5, 0.6) is 0 Å². The molecule has 20 heavy (non-hydrogen) atoms. The molecule has 0 N–H and O–H groups in total. The van der Waals surface area contributed by atoms with E-state index < -0.39 is 0 Å². The lowest BCUT2D eigenvalue weighted by molar-refractivity contribution is 0.0780. The topological polar surface area (TPSA) is 35.0 Å². The largest absolute Gasteiger partial charge is 0.381 e. The first-order chi connectivity index (χ1) is 9.75. The number of rotatable bonds is 2. The van der Waals surface area contributed by atoms with Crippen LogP contribution >= 0.6 is 23.2 Å². The zero-order chi connectivity index (χ0) is 13.9. The molecule has 0 radical (unpaired) electrons. The summed E-state index contributed by atoms with van der Waals surface area (Å²) in [5.74, 6) is 0.864. The zero-order valence-corrected chi connectivity index (χ0v) is 12.4. The Morgan fingerprint density at radius 2 is 1.75 bits per heavy atom. The average molecular weight is 309 g/mol. The van der Waals surface area contributed by atoms with Gasteiger partial charge in [0.25, 0.3) is 0 Å². The summed E-state index contributed by atoms with van der Waals surface area (Å²) in [6, 6.07) is 9.70. The van der Waals surface area contributed by atoms with E-state index in [9.17, 15) is 0 Å². The van der Waals surface area contributed by atoms with Gasteiger partial charge in [-0.25, -0.2) is 9.97 Å². The maximum atomic E-state index is 6.31. The second-order valence-electron chi connectivity index (χ2n) is 4.82. The van der Waals surface area contributed by atoms with Crippen molar-refractivity contribution in [2.75, 3.05) is 13.2 Å². The number of halogens is 2. The number of hydrogen-bond acceptors (Lipinski definition) is 3. The molecule has 1 aromatic carbocycles. The Hall–Kier alpha value is -1.16. The van der Waals surface area contributed by atoms with Crippen LogP contribution in [-0.2, 0) is 4.74 Å². The summed E-state index contributed by atoms with van der Waals surface area (Å²) in [4.78, 5) is 8.85. The van der Waals surface area contributed by atoms with E-state index in [4.69, 9.17) is 27.9 Å². The molecule has 5 heteroatoms. The van der Waals surface area contributed by atoms with Crippen molar-refractivity contribution < 1.29 is 4.74 Å². The molecule has 0 aliphatic carbocycles. The third kappa shape index (κ3) is 2.80. The van der Waals surface area contributed by atoms with E-state index in [1.54, 1.807) is 0 Å². The summed E-state index contributed by atoms with van der Waals surface area (Å²) in [7, 11) is 0. The summed E-state index contributed by atoms with van der Waals surface area (Å²) in [6.45, 7) is 1.44. The quantitative estimate of drug-likeness (QED) is 0.774. The van der Waals surface area contributed by atoms with Gasteiger partial charge in [0.1, 0.15) is 16.1 Å². The molecular weight excluding hydrogens is 295 g/mol. The Morgan fingerprint density at radius 1 is 1.05 bits per heavy atom. The highest BCUT2D eigenvalue weighted by molar-refractivity contribution is 6.37. The van der Waals surface area contributed by atoms with Gasteiger partial charge in [0.05, 0.1) is 12.2 Å². The van der Waals surface area contributed by atoms with E-state index in [0.717, 1.165) is 25.0 Å². The molecule has 3 nitrogen and oxygen atoms in total. The van der Waals surface area contributed by atoms with Crippen molar-refractivity contribution in [2.24, 2.45) is 0 Å². The molecule has 0 amide bonds. The first kappa shape index (κ1) is 13.8. The fourth-order valence-electron chi connectivity index (χ4n) is 2.39. The molecule has 0 bridgehead atoms. The number of aromatic nitrogens is 2. The summed E-state index contributed by atoms with van der Waals surface area (Å²) in [5.41, 5.74) is 1.61. The fraction of sp³-hybridized carbons (Fsp3) is 0.333. The van der Waals surface area contributed by atoms with Crippen LogP contribution in [0.1, 0.15) is 24.6 Å². The molecule has 0 spiro atoms. The second kappa shape index (κ2) is 6.08. The van der Waals surface area contributed by atoms with Gasteiger partial charge in [-0.15, -0.1) is 0 Å². The molecule has 1 atom stereocenters. The Kier molecular flexibility index (Phi) is 4.20. The van der Waals surface area contributed by atoms with Crippen molar-refractivity contribution in [1.29, 1.82) is 0 Å². The van der Waals surface area contributed by atoms with Gasteiger partial charge < -0.3 is 4.74 Å². The molecule has 1 unspecified atom stereocenters. The van der Waals surface area contributed by atoms with Crippen molar-refractivity contribution >= 4 is 23.2 Å². The molecule has 104 valence electrons. The van der Waals surface area contributed by atoms with Crippen LogP contribution in [-0.4, -0.2) is 23.2 Å². The van der Waals surface area contributed by atoms with Gasteiger partial charge in [0.2, 0.25) is 0 Å². The fourth-order valence-corrected chi connectivity index (χ4v) is 3.01. The highest BCUT2D eigenvalue weighted by atomic mass is 35.5. The van der Waals surface area contributed by atoms with Crippen LogP contribution in [0.2, 0.25) is 10.3 Å². The highest BCUT2D eigenvalue weighted by Gasteiger charge is 2.22. The molecule has 1 aromatic heterocycles. The van der Waals surface area contributed by atoms with Gasteiger partial charge in [-0.1, -0.05) is 53.5 Å². The van der Waals surface area contributed by atoms with Gasteiger partial charge in [-0.3, -0.25) is 0 Å². The summed E-state index contributed by atoms with van der Waals surface area (Å²) in [5, 5.41) is 0.800. The lowest BCUT2D eigenvalue weighted by Crippen LogP contribution is -2.18. The number of ether oxygens (including phenoxy) is 1. The minimum atomic E-state index is 0.184. The SMILES string of the molecule is Clc1nc(C2CCCOC2)nc(Cl)c1-c1ccccc1. The number of benzene rings is 1. The Labute approximate surface area is 127 Å². The minimum absolute atomic E-state index is 0.184. The highest BCUT2D eigenvalue weighted by Crippen LogP contribution is 2.34. The van der Waals surface area contributed by atoms with E-state index in [0.29, 0.717) is 28.3 Å². The maximum Gasteiger partial charge on any atom is 0.142 e. The average Bonchev–Trinajstić information content (AvgIpc) is 2.48. The van der Waals surface area contributed by atoms with Gasteiger partial charge in [0.15, 0.2) is 0 Å². The summed E-state index contributed by atoms with van der Waals surface area (Å²) in [6.07, 6.45) is 2.03. The van der Waals surface area contributed by atoms with Crippen molar-refractivity contribution in [2.45, 2.75) is 18.8 Å². The van der Waals surface area contributed by atoms with Gasteiger partial charge in [-0.05, 0) is 18.4 Å². The first-order valence-electron chi connectivity index (χ1n) is 6.62. The van der Waals surface area contributed by atoms with E-state index in [2.05, 4.69) is 9.97 Å². The van der Waals surface area contributed by atoms with Crippen LogP contribution in [0.15, 0.2) is 30.3 Å². The van der Waals surface area contributed by atoms with Crippen LogP contribution in [0.3, 0.4) is 0 Å². The van der Waals surface area contributed by atoms with Crippen molar-refractivity contribution in [3.05, 3.63) is 46.5 Å². The van der Waals surface area contributed by atoms with Crippen molar-refractivity contribution in [3.8, 4) is 11.1 Å². The predicted molar refractivity (Wildman–Crippen MR) is 80.3 cm³/mol. The normalized spacial score (nSPS) is 19.0. The third-order valence-corrected chi connectivity index (χ3v) is 3.97. The van der Waals surface area contributed by atoms with E-state index in [1.165, 1.54) is 0 Å². The lowest BCUT2D eigenvalue weighted by Gasteiger charge is -2.21. The smallest absolute Gasteiger partial charge is 0.142 e. The molecule has 2 heterocycles. The molecule has 0 saturated carbocycles. The minimum Gasteiger partial charge on any atom is -0.381 e. The number of nitrogens with zero attached hydrogens (tertiary/aromatic N) is 2. The van der Waals surface area contributed by atoms with E-state index in [-0.39, 0.29) is 5.92 Å². The van der Waals surface area contributed by atoms with Gasteiger partial charge in [0, 0.05) is 12.5 Å². The third-order valence-electron chi connectivity index (χ3n) is 3.43. The molecule has 1 aliphatic rings. The predicted octanol–water partition coefficient (Wildman–Crippen LogP) is 4.34. The summed E-state index contributed by atoms with van der Waals surface area (Å²) < 4.78 is 5.46. The summed E-state index contributed by atoms with van der Waals surface area (Å²) >= 11 is 12.6. The monoisotopic (exact) mass is 308 g/mol. The lowest BCUT2D eigenvalue weighted by atomic mass is 10.0. The standard InChI is InChI=1S/C15H14Cl2N2O/c16-13-12(10-5-2-1-3-6-10)14(17)19-15(18-13)11-7-4-8-20-9-11/h1-3,5-6,11H,4,7-9H2.